The molecule has 0 spiro atoms. The lowest BCUT2D eigenvalue weighted by Crippen LogP contribution is -2.11. The van der Waals surface area contributed by atoms with E-state index >= 15 is 0 Å². The van der Waals surface area contributed by atoms with Gasteiger partial charge < -0.3 is 28.8 Å². The van der Waals surface area contributed by atoms with Gasteiger partial charge in [-0.05, 0) is 50.5 Å². The third-order valence-corrected chi connectivity index (χ3v) is 6.86. The van der Waals surface area contributed by atoms with Gasteiger partial charge in [-0.2, -0.15) is 0 Å². The molecule has 0 bridgehead atoms. The lowest BCUT2D eigenvalue weighted by atomic mass is 9.94. The monoisotopic (exact) mass is 506 g/mol. The number of ether oxygens (including phenoxy) is 4. The highest BCUT2D eigenvalue weighted by molar-refractivity contribution is 6.01. The molecule has 0 fully saturated rings. The Labute approximate surface area is 217 Å². The summed E-state index contributed by atoms with van der Waals surface area (Å²) in [5, 5.41) is 4.06. The van der Waals surface area contributed by atoms with Crippen molar-refractivity contribution in [2.24, 2.45) is 0 Å². The normalized spacial score (nSPS) is 13.0. The smallest absolute Gasteiger partial charge is 0.342 e. The molecule has 0 aliphatic carbocycles. The van der Waals surface area contributed by atoms with Gasteiger partial charge in [0.1, 0.15) is 23.7 Å². The minimum absolute atomic E-state index is 0.0452. The number of hydrogen-bond acceptors (Lipinski definition) is 6. The first-order chi connectivity index (χ1) is 17.9. The summed E-state index contributed by atoms with van der Waals surface area (Å²) in [5.41, 5.74) is 5.89. The molecule has 2 aromatic carbocycles. The average molecular weight is 507 g/mol. The van der Waals surface area contributed by atoms with Gasteiger partial charge in [0.15, 0.2) is 0 Å². The molecule has 1 aliphatic rings. The molecule has 4 rings (SSSR count). The molecule has 8 heteroatoms. The van der Waals surface area contributed by atoms with E-state index < -0.39 is 0 Å². The van der Waals surface area contributed by atoms with Crippen molar-refractivity contribution in [1.82, 2.24) is 4.57 Å². The van der Waals surface area contributed by atoms with Crippen molar-refractivity contribution < 1.29 is 28.5 Å². The highest BCUT2D eigenvalue weighted by Crippen LogP contribution is 2.42. The quantitative estimate of drug-likeness (QED) is 0.284. The summed E-state index contributed by atoms with van der Waals surface area (Å²) in [6, 6.07) is 7.92. The van der Waals surface area contributed by atoms with E-state index in [1.807, 2.05) is 44.3 Å². The number of aromatic nitrogens is 1. The molecule has 0 unspecified atom stereocenters. The maximum atomic E-state index is 12.8. The van der Waals surface area contributed by atoms with Crippen LogP contribution in [0.25, 0.3) is 10.9 Å². The van der Waals surface area contributed by atoms with Crippen LogP contribution in [0.1, 0.15) is 46.8 Å². The second-order valence-corrected chi connectivity index (χ2v) is 9.14. The molecule has 2 heterocycles. The maximum absolute atomic E-state index is 12.8. The van der Waals surface area contributed by atoms with Crippen LogP contribution in [0.15, 0.2) is 42.1 Å². The van der Waals surface area contributed by atoms with Crippen molar-refractivity contribution in [2.45, 2.75) is 46.3 Å². The zero-order valence-corrected chi connectivity index (χ0v) is 22.1. The molecule has 0 saturated carbocycles. The van der Waals surface area contributed by atoms with E-state index in [9.17, 15) is 9.59 Å². The second-order valence-electron chi connectivity index (χ2n) is 9.14. The van der Waals surface area contributed by atoms with Gasteiger partial charge in [-0.3, -0.25) is 4.79 Å². The average Bonchev–Trinajstić information content (AvgIpc) is 3.49. The van der Waals surface area contributed by atoms with E-state index in [1.165, 1.54) is 0 Å². The van der Waals surface area contributed by atoms with Crippen LogP contribution in [0.3, 0.4) is 0 Å². The van der Waals surface area contributed by atoms with E-state index in [2.05, 4.69) is 16.0 Å². The minimum Gasteiger partial charge on any atom is -0.496 e. The Hall–Kier alpha value is -3.78. The standard InChI is InChI=1S/C29H34N2O6/c1-18(9-11-21-27(35-4)19(2)22-17-37-29(33)26(22)28(21)36-5)10-12-25(32)30-23-7-6-8-24-20(23)13-14-31(24)15-16-34-3/h6-9,13-14H,10-12,15-17H2,1-5H3,(H,30,32)/b18-9+. The number of methoxy groups -OCH3 is 3. The van der Waals surface area contributed by atoms with Crippen LogP contribution in [-0.2, 0) is 33.8 Å². The number of rotatable bonds is 11. The Kier molecular flexibility index (Phi) is 8.18. The summed E-state index contributed by atoms with van der Waals surface area (Å²) < 4.78 is 23.9. The van der Waals surface area contributed by atoms with Gasteiger partial charge in [0.25, 0.3) is 0 Å². The SMILES string of the molecule is COCCn1ccc2c(NC(=O)CC/C(C)=C/Cc3c(OC)c(C)c4c(c3OC)C(=O)OC4)cccc21. The second kappa shape index (κ2) is 11.5. The van der Waals surface area contributed by atoms with Gasteiger partial charge in [-0.25, -0.2) is 4.79 Å². The first-order valence-electron chi connectivity index (χ1n) is 12.3. The fraction of sp³-hybridized carbons (Fsp3) is 0.379. The van der Waals surface area contributed by atoms with Crippen LogP contribution in [0.5, 0.6) is 11.5 Å². The largest absolute Gasteiger partial charge is 0.496 e. The molecule has 1 amide bonds. The molecule has 1 N–H and O–H groups in total. The molecule has 196 valence electrons. The number of hydrogen-bond donors (Lipinski definition) is 1. The fourth-order valence-electron chi connectivity index (χ4n) is 4.85. The van der Waals surface area contributed by atoms with Crippen LogP contribution in [0, 0.1) is 6.92 Å². The van der Waals surface area contributed by atoms with E-state index in [0.29, 0.717) is 42.9 Å². The first kappa shape index (κ1) is 26.3. The topological polar surface area (TPSA) is 88.0 Å². The highest BCUT2D eigenvalue weighted by Gasteiger charge is 2.32. The molecule has 3 aromatic rings. The van der Waals surface area contributed by atoms with Gasteiger partial charge in [-0.1, -0.05) is 17.7 Å². The molecule has 1 aliphatic heterocycles. The summed E-state index contributed by atoms with van der Waals surface area (Å²) in [7, 11) is 4.85. The van der Waals surface area contributed by atoms with Gasteiger partial charge in [0.05, 0.1) is 32.0 Å². The molecular formula is C29H34N2O6. The predicted octanol–water partition coefficient (Wildman–Crippen LogP) is 5.19. The summed E-state index contributed by atoms with van der Waals surface area (Å²) in [6.45, 7) is 5.52. The lowest BCUT2D eigenvalue weighted by Gasteiger charge is -2.18. The fourth-order valence-corrected chi connectivity index (χ4v) is 4.85. The zero-order valence-electron chi connectivity index (χ0n) is 22.1. The number of cyclic esters (lactones) is 1. The van der Waals surface area contributed by atoms with Crippen molar-refractivity contribution in [2.75, 3.05) is 33.3 Å². The number of allylic oxidation sites excluding steroid dienone is 2. The number of esters is 1. The molecule has 8 nitrogen and oxygen atoms in total. The third-order valence-electron chi connectivity index (χ3n) is 6.86. The number of carbonyl (C=O) groups excluding carboxylic acids is 2. The van der Waals surface area contributed by atoms with Crippen LogP contribution in [0.4, 0.5) is 5.69 Å². The number of benzene rings is 2. The van der Waals surface area contributed by atoms with E-state index in [1.54, 1.807) is 21.3 Å². The highest BCUT2D eigenvalue weighted by atomic mass is 16.5. The molecule has 1 aromatic heterocycles. The first-order valence-corrected chi connectivity index (χ1v) is 12.3. The summed E-state index contributed by atoms with van der Waals surface area (Å²) in [5.74, 6) is 0.768. The minimum atomic E-state index is -0.375. The van der Waals surface area contributed by atoms with Gasteiger partial charge >= 0.3 is 5.97 Å². The number of nitrogens with zero attached hydrogens (tertiary/aromatic N) is 1. The Morgan fingerprint density at radius 3 is 2.65 bits per heavy atom. The third kappa shape index (κ3) is 5.34. The van der Waals surface area contributed by atoms with Crippen molar-refractivity contribution in [3.63, 3.8) is 0 Å². The van der Waals surface area contributed by atoms with E-state index in [0.717, 1.165) is 45.4 Å². The van der Waals surface area contributed by atoms with Crippen molar-refractivity contribution in [1.29, 1.82) is 0 Å². The number of anilines is 1. The van der Waals surface area contributed by atoms with Crippen molar-refractivity contribution in [3.8, 4) is 11.5 Å². The van der Waals surface area contributed by atoms with Crippen LogP contribution in [0.2, 0.25) is 0 Å². The van der Waals surface area contributed by atoms with Gasteiger partial charge in [0.2, 0.25) is 5.91 Å². The Bertz CT molecular complexity index is 1350. The number of nitrogens with one attached hydrogen (secondary N) is 1. The number of amides is 1. The van der Waals surface area contributed by atoms with E-state index in [-0.39, 0.29) is 18.5 Å². The summed E-state index contributed by atoms with van der Waals surface area (Å²) in [4.78, 5) is 25.1. The number of carbonyl (C=O) groups is 2. The lowest BCUT2D eigenvalue weighted by molar-refractivity contribution is -0.116. The van der Waals surface area contributed by atoms with Crippen LogP contribution >= 0.6 is 0 Å². The van der Waals surface area contributed by atoms with Crippen molar-refractivity contribution in [3.05, 3.63) is 64.4 Å². The molecular weight excluding hydrogens is 472 g/mol. The zero-order chi connectivity index (χ0) is 26.5. The van der Waals surface area contributed by atoms with Crippen molar-refractivity contribution >= 4 is 28.5 Å². The molecule has 0 radical (unpaired) electrons. The van der Waals surface area contributed by atoms with E-state index in [4.69, 9.17) is 18.9 Å². The Morgan fingerprint density at radius 2 is 1.92 bits per heavy atom. The molecule has 37 heavy (non-hydrogen) atoms. The Morgan fingerprint density at radius 1 is 1.14 bits per heavy atom. The predicted molar refractivity (Wildman–Crippen MR) is 143 cm³/mol. The van der Waals surface area contributed by atoms with Crippen LogP contribution < -0.4 is 14.8 Å². The number of fused-ring (bicyclic) bond motifs is 2. The maximum Gasteiger partial charge on any atom is 0.342 e. The van der Waals surface area contributed by atoms with Gasteiger partial charge in [0, 0.05) is 42.8 Å². The Balaban J connectivity index is 1.44. The summed E-state index contributed by atoms with van der Waals surface area (Å²) >= 11 is 0. The molecule has 0 saturated heterocycles. The molecule has 0 atom stereocenters. The van der Waals surface area contributed by atoms with Gasteiger partial charge in [-0.15, -0.1) is 0 Å². The van der Waals surface area contributed by atoms with Crippen LogP contribution in [-0.4, -0.2) is 44.4 Å². The summed E-state index contributed by atoms with van der Waals surface area (Å²) in [6.07, 6.45) is 5.53.